The molecule has 0 saturated heterocycles. The molecule has 20 heavy (non-hydrogen) atoms. The standard InChI is InChI=1S/C17H19ClFN/c1-12(2)10-17(13-6-4-3-5-7-13)20-14-8-9-15(18)16(19)11-14/h3-9,11-12,17,20H,10H2,1-2H3. The van der Waals surface area contributed by atoms with Crippen molar-refractivity contribution in [3.8, 4) is 0 Å². The van der Waals surface area contributed by atoms with E-state index in [1.807, 2.05) is 24.3 Å². The molecule has 1 unspecified atom stereocenters. The van der Waals surface area contributed by atoms with E-state index in [1.54, 1.807) is 6.07 Å². The van der Waals surface area contributed by atoms with Crippen molar-refractivity contribution in [1.29, 1.82) is 0 Å². The Morgan fingerprint density at radius 3 is 2.40 bits per heavy atom. The lowest BCUT2D eigenvalue weighted by Gasteiger charge is -2.22. The van der Waals surface area contributed by atoms with Crippen LogP contribution in [0.5, 0.6) is 0 Å². The Bertz CT molecular complexity index is 554. The van der Waals surface area contributed by atoms with Crippen molar-refractivity contribution in [2.24, 2.45) is 5.92 Å². The Kier molecular flexibility index (Phi) is 5.02. The van der Waals surface area contributed by atoms with Crippen LogP contribution in [0.2, 0.25) is 5.02 Å². The van der Waals surface area contributed by atoms with Crippen LogP contribution in [-0.4, -0.2) is 0 Å². The summed E-state index contributed by atoms with van der Waals surface area (Å²) in [4.78, 5) is 0. The van der Waals surface area contributed by atoms with Crippen molar-refractivity contribution in [3.05, 3.63) is 64.9 Å². The molecule has 0 aliphatic rings. The maximum absolute atomic E-state index is 13.5. The van der Waals surface area contributed by atoms with Crippen LogP contribution < -0.4 is 5.32 Å². The Morgan fingerprint density at radius 2 is 1.80 bits per heavy atom. The van der Waals surface area contributed by atoms with E-state index < -0.39 is 5.82 Å². The normalized spacial score (nSPS) is 12.4. The number of hydrogen-bond acceptors (Lipinski definition) is 1. The number of nitrogens with one attached hydrogen (secondary N) is 1. The second-order valence-corrected chi connectivity index (χ2v) is 5.77. The molecule has 0 aliphatic carbocycles. The minimum absolute atomic E-state index is 0.149. The van der Waals surface area contributed by atoms with Gasteiger partial charge in [-0.1, -0.05) is 55.8 Å². The summed E-state index contributed by atoms with van der Waals surface area (Å²) >= 11 is 5.72. The fourth-order valence-corrected chi connectivity index (χ4v) is 2.34. The zero-order valence-corrected chi connectivity index (χ0v) is 12.5. The van der Waals surface area contributed by atoms with Gasteiger partial charge in [-0.2, -0.15) is 0 Å². The number of rotatable bonds is 5. The molecule has 0 radical (unpaired) electrons. The summed E-state index contributed by atoms with van der Waals surface area (Å²) in [6, 6.07) is 15.2. The quantitative estimate of drug-likeness (QED) is 0.747. The average molecular weight is 292 g/mol. The van der Waals surface area contributed by atoms with Gasteiger partial charge in [0, 0.05) is 5.69 Å². The molecule has 1 atom stereocenters. The minimum Gasteiger partial charge on any atom is -0.378 e. The lowest BCUT2D eigenvalue weighted by Crippen LogP contribution is -2.13. The van der Waals surface area contributed by atoms with Crippen molar-refractivity contribution in [2.75, 3.05) is 5.32 Å². The lowest BCUT2D eigenvalue weighted by atomic mass is 9.97. The van der Waals surface area contributed by atoms with E-state index in [9.17, 15) is 4.39 Å². The fraction of sp³-hybridized carbons (Fsp3) is 0.294. The Balaban J connectivity index is 2.21. The molecule has 2 aromatic carbocycles. The Morgan fingerprint density at radius 1 is 1.10 bits per heavy atom. The zero-order valence-electron chi connectivity index (χ0n) is 11.7. The highest BCUT2D eigenvalue weighted by Crippen LogP contribution is 2.27. The Labute approximate surface area is 124 Å². The van der Waals surface area contributed by atoms with E-state index in [4.69, 9.17) is 11.6 Å². The van der Waals surface area contributed by atoms with Gasteiger partial charge in [0.05, 0.1) is 11.1 Å². The van der Waals surface area contributed by atoms with E-state index >= 15 is 0 Å². The maximum Gasteiger partial charge on any atom is 0.143 e. The van der Waals surface area contributed by atoms with Gasteiger partial charge in [-0.15, -0.1) is 0 Å². The van der Waals surface area contributed by atoms with Crippen molar-refractivity contribution in [1.82, 2.24) is 0 Å². The lowest BCUT2D eigenvalue weighted by molar-refractivity contribution is 0.530. The van der Waals surface area contributed by atoms with Gasteiger partial charge >= 0.3 is 0 Å². The molecule has 1 N–H and O–H groups in total. The number of anilines is 1. The number of benzene rings is 2. The van der Waals surface area contributed by atoms with Crippen molar-refractivity contribution in [3.63, 3.8) is 0 Å². The topological polar surface area (TPSA) is 12.0 Å². The van der Waals surface area contributed by atoms with Crippen LogP contribution in [-0.2, 0) is 0 Å². The predicted octanol–water partition coefficient (Wildman–Crippen LogP) is 5.68. The fourth-order valence-electron chi connectivity index (χ4n) is 2.22. The summed E-state index contributed by atoms with van der Waals surface area (Å²) in [7, 11) is 0. The summed E-state index contributed by atoms with van der Waals surface area (Å²) < 4.78 is 13.5. The van der Waals surface area contributed by atoms with Gasteiger partial charge in [0.25, 0.3) is 0 Å². The minimum atomic E-state index is -0.395. The van der Waals surface area contributed by atoms with E-state index in [1.165, 1.54) is 11.6 Å². The highest BCUT2D eigenvalue weighted by Gasteiger charge is 2.13. The van der Waals surface area contributed by atoms with Gasteiger partial charge in [-0.25, -0.2) is 4.39 Å². The van der Waals surface area contributed by atoms with Gasteiger partial charge in [-0.05, 0) is 36.1 Å². The number of hydrogen-bond donors (Lipinski definition) is 1. The molecule has 0 fully saturated rings. The first-order valence-electron chi connectivity index (χ1n) is 6.83. The molecule has 3 heteroatoms. The van der Waals surface area contributed by atoms with Crippen molar-refractivity contribution in [2.45, 2.75) is 26.3 Å². The highest BCUT2D eigenvalue weighted by molar-refractivity contribution is 6.30. The SMILES string of the molecule is CC(C)CC(Nc1ccc(Cl)c(F)c1)c1ccccc1. The molecule has 0 aromatic heterocycles. The molecule has 1 nitrogen and oxygen atoms in total. The monoisotopic (exact) mass is 291 g/mol. The van der Waals surface area contributed by atoms with E-state index in [0.717, 1.165) is 12.1 Å². The van der Waals surface area contributed by atoms with Gasteiger partial charge in [-0.3, -0.25) is 0 Å². The first-order valence-corrected chi connectivity index (χ1v) is 7.20. The first kappa shape index (κ1) is 14.9. The zero-order chi connectivity index (χ0) is 14.5. The molecule has 2 aromatic rings. The summed E-state index contributed by atoms with van der Waals surface area (Å²) in [6.07, 6.45) is 0.980. The van der Waals surface area contributed by atoms with E-state index in [2.05, 4.69) is 31.3 Å². The van der Waals surface area contributed by atoms with Crippen LogP contribution >= 0.6 is 11.6 Å². The second-order valence-electron chi connectivity index (χ2n) is 5.37. The maximum atomic E-state index is 13.5. The van der Waals surface area contributed by atoms with E-state index in [-0.39, 0.29) is 11.1 Å². The summed E-state index contributed by atoms with van der Waals surface area (Å²) in [5.41, 5.74) is 1.96. The van der Waals surface area contributed by atoms with E-state index in [0.29, 0.717) is 5.92 Å². The predicted molar refractivity (Wildman–Crippen MR) is 83.7 cm³/mol. The van der Waals surface area contributed by atoms with Gasteiger partial charge < -0.3 is 5.32 Å². The largest absolute Gasteiger partial charge is 0.378 e. The van der Waals surface area contributed by atoms with Crippen LogP contribution in [0.1, 0.15) is 31.9 Å². The molecule has 0 spiro atoms. The van der Waals surface area contributed by atoms with Gasteiger partial charge in [0.1, 0.15) is 5.82 Å². The molecule has 0 aliphatic heterocycles. The van der Waals surface area contributed by atoms with Crippen LogP contribution in [0.15, 0.2) is 48.5 Å². The third-order valence-electron chi connectivity index (χ3n) is 3.17. The van der Waals surface area contributed by atoms with Crippen molar-refractivity contribution < 1.29 is 4.39 Å². The molecular formula is C17H19ClFN. The highest BCUT2D eigenvalue weighted by atomic mass is 35.5. The summed E-state index contributed by atoms with van der Waals surface area (Å²) in [6.45, 7) is 4.36. The van der Waals surface area contributed by atoms with Crippen molar-refractivity contribution >= 4 is 17.3 Å². The van der Waals surface area contributed by atoms with Crippen LogP contribution in [0.3, 0.4) is 0 Å². The molecular weight excluding hydrogens is 273 g/mol. The van der Waals surface area contributed by atoms with Gasteiger partial charge in [0.2, 0.25) is 0 Å². The van der Waals surface area contributed by atoms with Crippen LogP contribution in [0.25, 0.3) is 0 Å². The summed E-state index contributed by atoms with van der Waals surface area (Å²) in [5.74, 6) is 0.151. The third kappa shape index (κ3) is 3.97. The molecule has 0 amide bonds. The Hall–Kier alpha value is -1.54. The molecule has 106 valence electrons. The smallest absolute Gasteiger partial charge is 0.143 e. The van der Waals surface area contributed by atoms with Crippen LogP contribution in [0.4, 0.5) is 10.1 Å². The van der Waals surface area contributed by atoms with Crippen LogP contribution in [0, 0.1) is 11.7 Å². The summed E-state index contributed by atoms with van der Waals surface area (Å²) in [5, 5.41) is 3.54. The molecule has 2 rings (SSSR count). The molecule has 0 heterocycles. The molecule has 0 bridgehead atoms. The molecule has 0 saturated carbocycles. The second kappa shape index (κ2) is 6.76. The van der Waals surface area contributed by atoms with Gasteiger partial charge in [0.15, 0.2) is 0 Å². The number of halogens is 2. The first-order chi connectivity index (χ1) is 9.56. The average Bonchev–Trinajstić information content (AvgIpc) is 2.43. The third-order valence-corrected chi connectivity index (χ3v) is 3.48.